The van der Waals surface area contributed by atoms with Crippen LogP contribution in [0.4, 0.5) is 0 Å². The quantitative estimate of drug-likeness (QED) is 0.229. The molecule has 2 aliphatic rings. The van der Waals surface area contributed by atoms with E-state index in [4.69, 9.17) is 9.05 Å². The highest BCUT2D eigenvalue weighted by atomic mass is 32.2. The monoisotopic (exact) mass is 486 g/mol. The van der Waals surface area contributed by atoms with Crippen LogP contribution in [0.25, 0.3) is 0 Å². The van der Waals surface area contributed by atoms with E-state index in [-0.39, 0.29) is 17.3 Å². The van der Waals surface area contributed by atoms with Gasteiger partial charge in [-0.2, -0.15) is 0 Å². The molecule has 32 heavy (non-hydrogen) atoms. The molecule has 0 aliphatic heterocycles. The zero-order valence-corrected chi connectivity index (χ0v) is 23.1. The summed E-state index contributed by atoms with van der Waals surface area (Å²) in [5.41, 5.74) is 0. The van der Waals surface area contributed by atoms with E-state index in [1.165, 1.54) is 19.8 Å². The minimum absolute atomic E-state index is 0.0564. The van der Waals surface area contributed by atoms with E-state index in [2.05, 4.69) is 48.1 Å². The predicted octanol–water partition coefficient (Wildman–Crippen LogP) is 8.32. The molecule has 7 atom stereocenters. The second-order valence-electron chi connectivity index (χ2n) is 11.1. The normalized spacial score (nSPS) is 32.8. The molecule has 6 heteroatoms. The van der Waals surface area contributed by atoms with Gasteiger partial charge in [0.25, 0.3) is 0 Å². The van der Waals surface area contributed by atoms with Crippen LogP contribution in [-0.4, -0.2) is 22.3 Å². The SMILES string of the molecule is C=CC[C@@H](SC(C)=O)P(=O)(O[C@@H]1C[C@H](C)CC[C@H]1C(C)C)O[C@@H]1C[C@H](C)CC[C@H]1C(C)C. The Kier molecular flexibility index (Phi) is 11.1. The Bertz CT molecular complexity index is 626. The molecule has 0 saturated heterocycles. The highest BCUT2D eigenvalue weighted by Crippen LogP contribution is 2.63. The fourth-order valence-corrected chi connectivity index (χ4v) is 9.43. The molecular formula is C26H47O4PS. The molecule has 2 rings (SSSR count). The smallest absolute Gasteiger partial charge is 0.304 e. The molecule has 0 aromatic heterocycles. The molecular weight excluding hydrogens is 439 g/mol. The predicted molar refractivity (Wildman–Crippen MR) is 137 cm³/mol. The maximum Gasteiger partial charge on any atom is 0.344 e. The minimum atomic E-state index is -3.57. The lowest BCUT2D eigenvalue weighted by Gasteiger charge is -2.43. The van der Waals surface area contributed by atoms with Crippen LogP contribution in [0, 0.1) is 35.5 Å². The summed E-state index contributed by atoms with van der Waals surface area (Å²) < 4.78 is 27.9. The van der Waals surface area contributed by atoms with E-state index in [1.807, 2.05) is 0 Å². The fraction of sp³-hybridized carbons (Fsp3) is 0.885. The molecule has 0 amide bonds. The highest BCUT2D eigenvalue weighted by Gasteiger charge is 2.46. The average Bonchev–Trinajstić information content (AvgIpc) is 2.66. The molecule has 0 heterocycles. The van der Waals surface area contributed by atoms with E-state index in [1.54, 1.807) is 6.08 Å². The summed E-state index contributed by atoms with van der Waals surface area (Å²) in [7, 11) is -3.57. The van der Waals surface area contributed by atoms with Gasteiger partial charge in [0.1, 0.15) is 4.99 Å². The van der Waals surface area contributed by atoms with Gasteiger partial charge in [-0.3, -0.25) is 9.36 Å². The third-order valence-corrected chi connectivity index (χ3v) is 11.4. The third-order valence-electron chi connectivity index (χ3n) is 7.51. The van der Waals surface area contributed by atoms with Crippen LogP contribution >= 0.6 is 19.4 Å². The van der Waals surface area contributed by atoms with Gasteiger partial charge in [-0.1, -0.05) is 72.2 Å². The van der Waals surface area contributed by atoms with E-state index in [9.17, 15) is 9.36 Å². The number of carbonyl (C=O) groups excluding carboxylic acids is 1. The topological polar surface area (TPSA) is 52.6 Å². The Morgan fingerprint density at radius 3 is 1.75 bits per heavy atom. The zero-order valence-electron chi connectivity index (χ0n) is 21.4. The zero-order chi connectivity index (χ0) is 24.1. The Hall–Kier alpha value is -0.0900. The van der Waals surface area contributed by atoms with E-state index >= 15 is 0 Å². The van der Waals surface area contributed by atoms with Crippen molar-refractivity contribution in [3.8, 4) is 0 Å². The first-order valence-corrected chi connectivity index (χ1v) is 15.2. The van der Waals surface area contributed by atoms with Crippen molar-refractivity contribution in [3.63, 3.8) is 0 Å². The standard InChI is InChI=1S/C26H47O4PS/c1-9-10-26(32-21(8)27)31(28,29-24-15-19(6)11-13-22(24)17(2)3)30-25-16-20(7)12-14-23(25)18(4)5/h9,17-20,22-26H,1,10-16H2,2-8H3/t19-,20-,22+,23+,24-,25-,26-/m1/s1. The second-order valence-corrected chi connectivity index (χ2v) is 14.9. The second kappa shape index (κ2) is 12.6. The Balaban J connectivity index is 2.39. The first kappa shape index (κ1) is 28.1. The van der Waals surface area contributed by atoms with Crippen molar-refractivity contribution in [2.75, 3.05) is 0 Å². The summed E-state index contributed by atoms with van der Waals surface area (Å²) in [6, 6.07) is 0. The van der Waals surface area contributed by atoms with Crippen LogP contribution in [0.2, 0.25) is 0 Å². The number of carbonyl (C=O) groups is 1. The number of hydrogen-bond donors (Lipinski definition) is 0. The largest absolute Gasteiger partial charge is 0.344 e. The van der Waals surface area contributed by atoms with Crippen LogP contribution in [0.1, 0.15) is 93.4 Å². The van der Waals surface area contributed by atoms with E-state index in [0.29, 0.717) is 41.9 Å². The fourth-order valence-electron chi connectivity index (χ4n) is 5.59. The summed E-state index contributed by atoms with van der Waals surface area (Å²) in [6.07, 6.45) is 8.33. The number of thioether (sulfide) groups is 1. The van der Waals surface area contributed by atoms with Gasteiger partial charge >= 0.3 is 7.60 Å². The molecule has 0 unspecified atom stereocenters. The van der Waals surface area contributed by atoms with Crippen LogP contribution in [-0.2, 0) is 18.4 Å². The molecule has 0 spiro atoms. The lowest BCUT2D eigenvalue weighted by atomic mass is 9.75. The Morgan fingerprint density at radius 2 is 1.41 bits per heavy atom. The first-order chi connectivity index (χ1) is 15.0. The van der Waals surface area contributed by atoms with E-state index < -0.39 is 12.6 Å². The molecule has 0 aromatic carbocycles. The maximum absolute atomic E-state index is 14.7. The molecule has 2 aliphatic carbocycles. The summed E-state index contributed by atoms with van der Waals surface area (Å²) in [5, 5.41) is -0.0564. The van der Waals surface area contributed by atoms with Crippen molar-refractivity contribution in [1.29, 1.82) is 0 Å². The van der Waals surface area contributed by atoms with Gasteiger partial charge in [0.15, 0.2) is 5.12 Å². The van der Waals surface area contributed by atoms with Crippen LogP contribution < -0.4 is 0 Å². The maximum atomic E-state index is 14.7. The van der Waals surface area contributed by atoms with Crippen molar-refractivity contribution in [1.82, 2.24) is 0 Å². The molecule has 0 N–H and O–H groups in total. The average molecular weight is 487 g/mol. The minimum Gasteiger partial charge on any atom is -0.304 e. The third kappa shape index (κ3) is 7.72. The molecule has 0 bridgehead atoms. The molecule has 186 valence electrons. The lowest BCUT2D eigenvalue weighted by Crippen LogP contribution is -2.37. The summed E-state index contributed by atoms with van der Waals surface area (Å²) >= 11 is 1.11. The highest BCUT2D eigenvalue weighted by molar-refractivity contribution is 8.18. The Labute approximate surface area is 201 Å². The lowest BCUT2D eigenvalue weighted by molar-refractivity contribution is -0.109. The van der Waals surface area contributed by atoms with Crippen molar-refractivity contribution < 1.29 is 18.4 Å². The summed E-state index contributed by atoms with van der Waals surface area (Å²) in [5.74, 6) is 2.72. The molecule has 0 aromatic rings. The van der Waals surface area contributed by atoms with Crippen LogP contribution in [0.5, 0.6) is 0 Å². The van der Waals surface area contributed by atoms with Crippen molar-refractivity contribution in [2.45, 2.75) is 111 Å². The van der Waals surface area contributed by atoms with Gasteiger partial charge in [0, 0.05) is 6.92 Å². The number of hydrogen-bond acceptors (Lipinski definition) is 5. The van der Waals surface area contributed by atoms with Gasteiger partial charge < -0.3 is 9.05 Å². The van der Waals surface area contributed by atoms with Crippen molar-refractivity contribution in [2.24, 2.45) is 35.5 Å². The Morgan fingerprint density at radius 1 is 0.969 bits per heavy atom. The molecule has 0 radical (unpaired) electrons. The van der Waals surface area contributed by atoms with Crippen molar-refractivity contribution in [3.05, 3.63) is 12.7 Å². The van der Waals surface area contributed by atoms with E-state index in [0.717, 1.165) is 37.4 Å². The summed E-state index contributed by atoms with van der Waals surface area (Å²) in [6.45, 7) is 18.8. The van der Waals surface area contributed by atoms with Gasteiger partial charge in [-0.25, -0.2) is 0 Å². The van der Waals surface area contributed by atoms with Crippen LogP contribution in [0.3, 0.4) is 0 Å². The van der Waals surface area contributed by atoms with Gasteiger partial charge in [-0.05, 0) is 67.6 Å². The molecule has 2 fully saturated rings. The van der Waals surface area contributed by atoms with Gasteiger partial charge in [0.05, 0.1) is 12.2 Å². The first-order valence-electron chi connectivity index (χ1n) is 12.7. The molecule has 2 saturated carbocycles. The number of rotatable bonds is 10. The summed E-state index contributed by atoms with van der Waals surface area (Å²) in [4.78, 5) is 11.6. The van der Waals surface area contributed by atoms with Gasteiger partial charge in [0.2, 0.25) is 0 Å². The van der Waals surface area contributed by atoms with Crippen molar-refractivity contribution >= 4 is 24.5 Å². The van der Waals surface area contributed by atoms with Gasteiger partial charge in [-0.15, -0.1) is 6.58 Å². The number of allylic oxidation sites excluding steroid dienone is 1. The molecule has 4 nitrogen and oxygen atoms in total. The van der Waals surface area contributed by atoms with Crippen LogP contribution in [0.15, 0.2) is 12.7 Å².